The molecule has 0 amide bonds. The molecule has 0 unspecified atom stereocenters. The van der Waals surface area contributed by atoms with Gasteiger partial charge in [0, 0.05) is 0 Å². The van der Waals surface area contributed by atoms with Crippen LogP contribution in [0.5, 0.6) is 0 Å². The van der Waals surface area contributed by atoms with Crippen LogP contribution in [-0.4, -0.2) is 15.1 Å². The lowest BCUT2D eigenvalue weighted by molar-refractivity contribution is 0.501. The molecule has 1 aliphatic carbocycles. The van der Waals surface area contributed by atoms with E-state index in [4.69, 9.17) is 0 Å². The quantitative estimate of drug-likeness (QED) is 0.482. The van der Waals surface area contributed by atoms with Gasteiger partial charge in [-0.2, -0.15) is 0 Å². The van der Waals surface area contributed by atoms with Gasteiger partial charge in [0.05, 0.1) is 7.85 Å². The van der Waals surface area contributed by atoms with E-state index >= 15 is 0 Å². The molecule has 0 spiro atoms. The highest BCUT2D eigenvalue weighted by molar-refractivity contribution is 6.48. The van der Waals surface area contributed by atoms with Crippen LogP contribution >= 0.6 is 0 Å². The first kappa shape index (κ1) is 7.24. The van der Waals surface area contributed by atoms with Gasteiger partial charge in [-0.1, -0.05) is 37.9 Å². The molecule has 0 bridgehead atoms. The fourth-order valence-electron chi connectivity index (χ4n) is 1.88. The highest BCUT2D eigenvalue weighted by Gasteiger charge is 2.12. The Morgan fingerprint density at radius 2 is 1.89 bits per heavy atom. The molecule has 0 aromatic rings. The summed E-state index contributed by atoms with van der Waals surface area (Å²) >= 11 is 0. The maximum absolute atomic E-state index is 2.30. The Morgan fingerprint density at radius 1 is 1.22 bits per heavy atom. The standard InChI is InChI=1S/C7H16B2/c8-6-9-7-4-2-1-3-5-7/h7,9H,1-6,8H2. The summed E-state index contributed by atoms with van der Waals surface area (Å²) in [5.74, 6) is 1.10. The molecule has 50 valence electrons. The zero-order valence-corrected chi connectivity index (χ0v) is 6.53. The van der Waals surface area contributed by atoms with Crippen molar-refractivity contribution in [3.05, 3.63) is 0 Å². The molecule has 1 aliphatic rings. The Labute approximate surface area is 60.1 Å². The maximum atomic E-state index is 2.30. The van der Waals surface area contributed by atoms with Crippen molar-refractivity contribution in [2.75, 3.05) is 0 Å². The number of hydrogen-bond donors (Lipinski definition) is 0. The van der Waals surface area contributed by atoms with Crippen molar-refractivity contribution in [3.8, 4) is 0 Å². The van der Waals surface area contributed by atoms with Crippen LogP contribution in [0.4, 0.5) is 0 Å². The summed E-state index contributed by atoms with van der Waals surface area (Å²) in [5.41, 5.74) is 0. The second kappa shape index (κ2) is 4.03. The van der Waals surface area contributed by atoms with Crippen molar-refractivity contribution in [1.82, 2.24) is 0 Å². The predicted octanol–water partition coefficient (Wildman–Crippen LogP) is 1.18. The molecular weight excluding hydrogens is 106 g/mol. The van der Waals surface area contributed by atoms with Gasteiger partial charge in [0.1, 0.15) is 7.28 Å². The van der Waals surface area contributed by atoms with Crippen LogP contribution in [0.2, 0.25) is 12.0 Å². The van der Waals surface area contributed by atoms with Crippen LogP contribution in [0.3, 0.4) is 0 Å². The minimum atomic E-state index is 1.10. The zero-order chi connectivity index (χ0) is 6.53. The number of rotatable bonds is 2. The topological polar surface area (TPSA) is 0 Å². The van der Waals surface area contributed by atoms with Crippen LogP contribution in [0.1, 0.15) is 32.1 Å². The molecule has 0 radical (unpaired) electrons. The normalized spacial score (nSPS) is 21.8. The Kier molecular flexibility index (Phi) is 3.24. The largest absolute Gasteiger partial charge is 0.116 e. The summed E-state index contributed by atoms with van der Waals surface area (Å²) in [6.07, 6.45) is 8.95. The van der Waals surface area contributed by atoms with Gasteiger partial charge in [0.25, 0.3) is 0 Å². The first-order chi connectivity index (χ1) is 4.43. The molecule has 1 saturated carbocycles. The summed E-state index contributed by atoms with van der Waals surface area (Å²) in [5, 5.41) is 0. The van der Waals surface area contributed by atoms with E-state index in [1.807, 2.05) is 0 Å². The maximum Gasteiger partial charge on any atom is 0.116 e. The minimum absolute atomic E-state index is 1.10. The molecule has 0 heterocycles. The molecule has 0 aromatic heterocycles. The average molecular weight is 122 g/mol. The third-order valence-corrected chi connectivity index (χ3v) is 2.42. The van der Waals surface area contributed by atoms with Crippen molar-refractivity contribution in [1.29, 1.82) is 0 Å². The van der Waals surface area contributed by atoms with Gasteiger partial charge in [-0.25, -0.2) is 0 Å². The second-order valence-corrected chi connectivity index (χ2v) is 3.29. The molecule has 0 atom stereocenters. The van der Waals surface area contributed by atoms with Gasteiger partial charge in [-0.15, -0.1) is 6.22 Å². The van der Waals surface area contributed by atoms with Crippen molar-refractivity contribution in [3.63, 3.8) is 0 Å². The Hall–Kier alpha value is 0.130. The summed E-state index contributed by atoms with van der Waals surface area (Å²) in [6, 6.07) is 0. The lowest BCUT2D eigenvalue weighted by Gasteiger charge is -2.19. The molecule has 0 aromatic carbocycles. The van der Waals surface area contributed by atoms with E-state index < -0.39 is 0 Å². The molecule has 0 N–H and O–H groups in total. The minimum Gasteiger partial charge on any atom is -0.104 e. The Balaban J connectivity index is 2.08. The molecule has 2 heteroatoms. The molecule has 0 nitrogen and oxygen atoms in total. The zero-order valence-electron chi connectivity index (χ0n) is 6.53. The highest BCUT2D eigenvalue weighted by Crippen LogP contribution is 2.27. The van der Waals surface area contributed by atoms with Gasteiger partial charge in [-0.05, 0) is 0 Å². The van der Waals surface area contributed by atoms with Crippen molar-refractivity contribution >= 4 is 15.1 Å². The molecule has 0 saturated heterocycles. The van der Waals surface area contributed by atoms with Crippen molar-refractivity contribution in [2.24, 2.45) is 0 Å². The van der Waals surface area contributed by atoms with E-state index in [1.165, 1.54) is 45.6 Å². The predicted molar refractivity (Wildman–Crippen MR) is 47.3 cm³/mol. The summed E-state index contributed by atoms with van der Waals surface area (Å²) < 4.78 is 0. The van der Waals surface area contributed by atoms with Crippen molar-refractivity contribution in [2.45, 2.75) is 44.1 Å². The molecule has 1 rings (SSSR count). The molecule has 9 heavy (non-hydrogen) atoms. The van der Waals surface area contributed by atoms with Gasteiger partial charge in [0.15, 0.2) is 0 Å². The van der Waals surface area contributed by atoms with Crippen LogP contribution < -0.4 is 0 Å². The first-order valence-electron chi connectivity index (χ1n) is 4.43. The Morgan fingerprint density at radius 3 is 2.44 bits per heavy atom. The fraction of sp³-hybridized carbons (Fsp3) is 1.00. The molecule has 0 aliphatic heterocycles. The van der Waals surface area contributed by atoms with Crippen LogP contribution in [-0.2, 0) is 0 Å². The fourth-order valence-corrected chi connectivity index (χ4v) is 1.88. The highest BCUT2D eigenvalue weighted by atomic mass is 14.1. The van der Waals surface area contributed by atoms with E-state index in [0.29, 0.717) is 0 Å². The monoisotopic (exact) mass is 122 g/mol. The van der Waals surface area contributed by atoms with Gasteiger partial charge < -0.3 is 0 Å². The summed E-state index contributed by atoms with van der Waals surface area (Å²) in [6.45, 7) is 0. The second-order valence-electron chi connectivity index (χ2n) is 3.29. The third-order valence-electron chi connectivity index (χ3n) is 2.42. The summed E-state index contributed by atoms with van der Waals surface area (Å²) in [4.78, 5) is 0. The summed E-state index contributed by atoms with van der Waals surface area (Å²) in [7, 11) is 3.79. The number of hydrogen-bond acceptors (Lipinski definition) is 0. The van der Waals surface area contributed by atoms with Gasteiger partial charge in [0.2, 0.25) is 0 Å². The van der Waals surface area contributed by atoms with E-state index in [0.717, 1.165) is 5.82 Å². The SMILES string of the molecule is BCBC1CCCCC1. The van der Waals surface area contributed by atoms with Gasteiger partial charge >= 0.3 is 0 Å². The van der Waals surface area contributed by atoms with E-state index in [2.05, 4.69) is 7.85 Å². The molecule has 1 fully saturated rings. The van der Waals surface area contributed by atoms with Crippen LogP contribution in [0.15, 0.2) is 0 Å². The van der Waals surface area contributed by atoms with Crippen molar-refractivity contribution < 1.29 is 0 Å². The van der Waals surface area contributed by atoms with E-state index in [1.54, 1.807) is 0 Å². The van der Waals surface area contributed by atoms with Crippen LogP contribution in [0, 0.1) is 0 Å². The van der Waals surface area contributed by atoms with Gasteiger partial charge in [-0.3, -0.25) is 0 Å². The lowest BCUT2D eigenvalue weighted by atomic mass is 9.53. The smallest absolute Gasteiger partial charge is 0.104 e. The molecular formula is C7H16B2. The Bertz CT molecular complexity index is 64.6. The average Bonchev–Trinajstić information content (AvgIpc) is 1.91. The van der Waals surface area contributed by atoms with E-state index in [9.17, 15) is 0 Å². The lowest BCUT2D eigenvalue weighted by Crippen LogP contribution is -2.07. The van der Waals surface area contributed by atoms with E-state index in [-0.39, 0.29) is 0 Å². The first-order valence-corrected chi connectivity index (χ1v) is 4.43. The third kappa shape index (κ3) is 2.47. The van der Waals surface area contributed by atoms with Crippen LogP contribution in [0.25, 0.3) is 0 Å².